The van der Waals surface area contributed by atoms with Gasteiger partial charge in [0.05, 0.1) is 12.5 Å². The van der Waals surface area contributed by atoms with Gasteiger partial charge in [-0.1, -0.05) is 11.6 Å². The Labute approximate surface area is 79.8 Å². The van der Waals surface area contributed by atoms with Crippen molar-refractivity contribution in [3.05, 3.63) is 22.8 Å². The molecular weight excluding hydrogens is 158 g/mol. The molecule has 0 aliphatic heterocycles. The molecule has 1 nitrogen and oxygen atoms in total. The molecule has 0 fully saturated rings. The Morgan fingerprint density at radius 2 is 2.15 bits per heavy atom. The lowest BCUT2D eigenvalue weighted by molar-refractivity contribution is 0.872. The number of allylic oxidation sites excluding steroid dienone is 4. The highest BCUT2D eigenvalue weighted by Gasteiger charge is 2.18. The van der Waals surface area contributed by atoms with Crippen LogP contribution in [0.1, 0.15) is 44.9 Å². The average Bonchev–Trinajstić information content (AvgIpc) is 2.71. The third-order valence-corrected chi connectivity index (χ3v) is 3.05. The Kier molecular flexibility index (Phi) is 2.49. The van der Waals surface area contributed by atoms with Gasteiger partial charge < -0.3 is 0 Å². The standard InChI is InChI=1S/C12H15N/c13-9-8-11-6-3-7-12(11)10-4-1-2-5-10/h4H,1-3,5-8H2. The summed E-state index contributed by atoms with van der Waals surface area (Å²) in [5, 5.41) is 8.68. The Bertz CT molecular complexity index is 302. The number of hydrogen-bond donors (Lipinski definition) is 0. The second-order valence-electron chi connectivity index (χ2n) is 3.89. The van der Waals surface area contributed by atoms with Crippen molar-refractivity contribution >= 4 is 0 Å². The summed E-state index contributed by atoms with van der Waals surface area (Å²) in [5.41, 5.74) is 4.53. The molecular formula is C12H15N. The summed E-state index contributed by atoms with van der Waals surface area (Å²) < 4.78 is 0. The Morgan fingerprint density at radius 1 is 1.23 bits per heavy atom. The Balaban J connectivity index is 2.19. The highest BCUT2D eigenvalue weighted by Crippen LogP contribution is 2.37. The topological polar surface area (TPSA) is 23.8 Å². The summed E-state index contributed by atoms with van der Waals surface area (Å²) in [6.07, 6.45) is 10.5. The molecule has 0 radical (unpaired) electrons. The fourth-order valence-electron chi connectivity index (χ4n) is 2.43. The van der Waals surface area contributed by atoms with Crippen LogP contribution in [0.5, 0.6) is 0 Å². The van der Waals surface area contributed by atoms with Crippen LogP contribution in [0.15, 0.2) is 22.8 Å². The molecule has 0 N–H and O–H groups in total. The minimum Gasteiger partial charge on any atom is -0.198 e. The predicted molar refractivity (Wildman–Crippen MR) is 53.0 cm³/mol. The first-order chi connectivity index (χ1) is 6.42. The highest BCUT2D eigenvalue weighted by molar-refractivity contribution is 5.40. The maximum absolute atomic E-state index is 8.68. The zero-order valence-corrected chi connectivity index (χ0v) is 7.97. The Hall–Kier alpha value is -1.03. The minimum atomic E-state index is 0.659. The molecule has 0 aromatic heterocycles. The first-order valence-electron chi connectivity index (χ1n) is 5.19. The molecule has 0 heterocycles. The third-order valence-electron chi connectivity index (χ3n) is 3.05. The van der Waals surface area contributed by atoms with E-state index in [0.29, 0.717) is 6.42 Å². The van der Waals surface area contributed by atoms with E-state index in [1.165, 1.54) is 44.1 Å². The molecule has 0 saturated carbocycles. The van der Waals surface area contributed by atoms with E-state index in [-0.39, 0.29) is 0 Å². The van der Waals surface area contributed by atoms with Crippen LogP contribution in [0.3, 0.4) is 0 Å². The van der Waals surface area contributed by atoms with E-state index in [4.69, 9.17) is 5.26 Å². The zero-order chi connectivity index (χ0) is 9.10. The highest BCUT2D eigenvalue weighted by atomic mass is 14.3. The van der Waals surface area contributed by atoms with Crippen LogP contribution >= 0.6 is 0 Å². The van der Waals surface area contributed by atoms with Crippen molar-refractivity contribution in [2.45, 2.75) is 44.9 Å². The second kappa shape index (κ2) is 3.79. The van der Waals surface area contributed by atoms with Gasteiger partial charge in [-0.2, -0.15) is 5.26 Å². The first-order valence-corrected chi connectivity index (χ1v) is 5.19. The lowest BCUT2D eigenvalue weighted by Crippen LogP contribution is -1.86. The van der Waals surface area contributed by atoms with E-state index in [1.54, 1.807) is 11.1 Å². The van der Waals surface area contributed by atoms with Crippen molar-refractivity contribution < 1.29 is 0 Å². The molecule has 0 saturated heterocycles. The van der Waals surface area contributed by atoms with Crippen LogP contribution in [0, 0.1) is 11.3 Å². The number of hydrogen-bond acceptors (Lipinski definition) is 1. The summed E-state index contributed by atoms with van der Waals surface area (Å²) in [5.74, 6) is 0. The smallest absolute Gasteiger partial charge is 0.0666 e. The summed E-state index contributed by atoms with van der Waals surface area (Å²) in [4.78, 5) is 0. The molecule has 0 bridgehead atoms. The van der Waals surface area contributed by atoms with Crippen LogP contribution in [-0.2, 0) is 0 Å². The van der Waals surface area contributed by atoms with E-state index in [0.717, 1.165) is 0 Å². The van der Waals surface area contributed by atoms with Gasteiger partial charge in [-0.3, -0.25) is 0 Å². The predicted octanol–water partition coefficient (Wildman–Crippen LogP) is 3.49. The number of rotatable bonds is 2. The van der Waals surface area contributed by atoms with Crippen LogP contribution in [0.2, 0.25) is 0 Å². The van der Waals surface area contributed by atoms with Crippen molar-refractivity contribution in [3.63, 3.8) is 0 Å². The molecule has 2 aliphatic carbocycles. The zero-order valence-electron chi connectivity index (χ0n) is 7.97. The van der Waals surface area contributed by atoms with Gasteiger partial charge in [0.2, 0.25) is 0 Å². The molecule has 13 heavy (non-hydrogen) atoms. The van der Waals surface area contributed by atoms with E-state index < -0.39 is 0 Å². The van der Waals surface area contributed by atoms with Gasteiger partial charge in [-0.05, 0) is 49.7 Å². The summed E-state index contributed by atoms with van der Waals surface area (Å²) in [7, 11) is 0. The van der Waals surface area contributed by atoms with Crippen LogP contribution in [0.25, 0.3) is 0 Å². The number of nitrogens with zero attached hydrogens (tertiary/aromatic N) is 1. The van der Waals surface area contributed by atoms with Crippen LogP contribution < -0.4 is 0 Å². The third kappa shape index (κ3) is 1.67. The van der Waals surface area contributed by atoms with Gasteiger partial charge in [0.15, 0.2) is 0 Å². The monoisotopic (exact) mass is 173 g/mol. The van der Waals surface area contributed by atoms with Crippen LogP contribution in [-0.4, -0.2) is 0 Å². The second-order valence-corrected chi connectivity index (χ2v) is 3.89. The quantitative estimate of drug-likeness (QED) is 0.627. The molecule has 0 amide bonds. The summed E-state index contributed by atoms with van der Waals surface area (Å²) >= 11 is 0. The fourth-order valence-corrected chi connectivity index (χ4v) is 2.43. The molecule has 0 spiro atoms. The molecule has 0 aromatic rings. The summed E-state index contributed by atoms with van der Waals surface area (Å²) in [6.45, 7) is 0. The molecule has 1 heteroatoms. The van der Waals surface area contributed by atoms with Gasteiger partial charge >= 0.3 is 0 Å². The van der Waals surface area contributed by atoms with Gasteiger partial charge in [0.1, 0.15) is 0 Å². The van der Waals surface area contributed by atoms with Gasteiger partial charge in [-0.15, -0.1) is 0 Å². The van der Waals surface area contributed by atoms with Gasteiger partial charge in [0.25, 0.3) is 0 Å². The van der Waals surface area contributed by atoms with Crippen molar-refractivity contribution in [2.24, 2.45) is 0 Å². The normalized spacial score (nSPS) is 21.9. The van der Waals surface area contributed by atoms with E-state index in [1.807, 2.05) is 0 Å². The fraction of sp³-hybridized carbons (Fsp3) is 0.583. The van der Waals surface area contributed by atoms with E-state index in [2.05, 4.69) is 12.1 Å². The lowest BCUT2D eigenvalue weighted by atomic mass is 10.0. The Morgan fingerprint density at radius 3 is 2.85 bits per heavy atom. The van der Waals surface area contributed by atoms with Crippen molar-refractivity contribution in [2.75, 3.05) is 0 Å². The van der Waals surface area contributed by atoms with Crippen molar-refractivity contribution in [3.8, 4) is 6.07 Å². The molecule has 2 rings (SSSR count). The van der Waals surface area contributed by atoms with Crippen molar-refractivity contribution in [1.82, 2.24) is 0 Å². The van der Waals surface area contributed by atoms with E-state index >= 15 is 0 Å². The molecule has 0 unspecified atom stereocenters. The molecule has 68 valence electrons. The van der Waals surface area contributed by atoms with E-state index in [9.17, 15) is 0 Å². The first kappa shape index (κ1) is 8.56. The maximum atomic E-state index is 8.68. The SMILES string of the molecule is N#CCC1=C(C2=CCCC2)CCC1. The lowest BCUT2D eigenvalue weighted by Gasteiger charge is -2.05. The number of nitriles is 1. The maximum Gasteiger partial charge on any atom is 0.0666 e. The van der Waals surface area contributed by atoms with Crippen molar-refractivity contribution in [1.29, 1.82) is 5.26 Å². The van der Waals surface area contributed by atoms with Crippen LogP contribution in [0.4, 0.5) is 0 Å². The summed E-state index contributed by atoms with van der Waals surface area (Å²) in [6, 6.07) is 2.28. The molecule has 0 atom stereocenters. The minimum absolute atomic E-state index is 0.659. The van der Waals surface area contributed by atoms with Gasteiger partial charge in [0, 0.05) is 0 Å². The molecule has 0 aromatic carbocycles. The average molecular weight is 173 g/mol. The molecule has 2 aliphatic rings. The largest absolute Gasteiger partial charge is 0.198 e. The van der Waals surface area contributed by atoms with Gasteiger partial charge in [-0.25, -0.2) is 0 Å².